The Kier molecular flexibility index (Phi) is 16.6. The molecule has 0 unspecified atom stereocenters. The minimum atomic E-state index is -4.81. The molecule has 0 saturated heterocycles. The maximum absolute atomic E-state index is 14.8. The number of hydrogen-bond acceptors (Lipinski definition) is 8. The largest absolute Gasteiger partial charge is 0.488 e. The van der Waals surface area contributed by atoms with Crippen LogP contribution in [0.5, 0.6) is 0 Å². The molecule has 0 spiro atoms. The number of carbonyl (C=O) groups excluding carboxylic acids is 2. The van der Waals surface area contributed by atoms with Gasteiger partial charge in [-0.2, -0.15) is 47.1 Å². The first-order valence-electron chi connectivity index (χ1n) is 20.8. The lowest BCUT2D eigenvalue weighted by Crippen LogP contribution is -2.31. The zero-order valence-corrected chi connectivity index (χ0v) is 38.8. The first-order chi connectivity index (χ1) is 34.1. The van der Waals surface area contributed by atoms with Crippen molar-refractivity contribution in [3.05, 3.63) is 207 Å². The van der Waals surface area contributed by atoms with Crippen LogP contribution in [0.4, 0.5) is 46.5 Å². The lowest BCUT2D eigenvalue weighted by molar-refractivity contribution is -0.142. The van der Waals surface area contributed by atoms with Crippen molar-refractivity contribution in [2.24, 2.45) is 0 Å². The second-order valence-electron chi connectivity index (χ2n) is 15.2. The first kappa shape index (κ1) is 52.9. The molecule has 6 aromatic carbocycles. The molecule has 8 aromatic rings. The van der Waals surface area contributed by atoms with Gasteiger partial charge in [0.25, 0.3) is 11.8 Å². The van der Waals surface area contributed by atoms with Gasteiger partial charge in [0.1, 0.15) is 23.0 Å². The van der Waals surface area contributed by atoms with Crippen molar-refractivity contribution in [3.63, 3.8) is 0 Å². The standard InChI is InChI=1S/C25H16F4N4O.C18H9BrF4N4O.C7H9BO2/c1-15-5-2-3-8-19(15)17-9-10-21(20(26)12-17)31-24(34)22-13-23(25(27,28)29)32-33(22)18-7-4-6-16(11-18)14-30;19-11-4-5-14(13(20)7-11)25-17(28)15-8-16(18(21,22)23)26-27(15)12-3-1-2-10(6-12)9-24;1-6-4-2-3-5-7(6)8(9)10/h2-13H,1H3,(H,31,34);1-8H,(H,25,28);2-5,9-10H,1H3. The third-order valence-corrected chi connectivity index (χ3v) is 10.7. The number of anilines is 2. The van der Waals surface area contributed by atoms with Crippen molar-refractivity contribution in [1.29, 1.82) is 10.5 Å². The Morgan fingerprint density at radius 3 is 1.47 bits per heavy atom. The summed E-state index contributed by atoms with van der Waals surface area (Å²) in [6.45, 7) is 3.72. The van der Waals surface area contributed by atoms with Crippen molar-refractivity contribution in [1.82, 2.24) is 19.6 Å². The fraction of sp³-hybridized carbons (Fsp3) is 0.0800. The lowest BCUT2D eigenvalue weighted by Gasteiger charge is -2.11. The van der Waals surface area contributed by atoms with Crippen LogP contribution in [-0.2, 0) is 12.4 Å². The molecule has 2 heterocycles. The topological polar surface area (TPSA) is 182 Å². The summed E-state index contributed by atoms with van der Waals surface area (Å²) in [5.41, 5.74) is 0.373. The van der Waals surface area contributed by atoms with E-state index in [0.29, 0.717) is 27.6 Å². The van der Waals surface area contributed by atoms with Crippen LogP contribution in [-0.4, -0.2) is 48.5 Å². The van der Waals surface area contributed by atoms with Gasteiger partial charge in [-0.25, -0.2) is 18.1 Å². The van der Waals surface area contributed by atoms with Gasteiger partial charge in [-0.3, -0.25) is 9.59 Å². The van der Waals surface area contributed by atoms with E-state index in [1.165, 1.54) is 72.8 Å². The van der Waals surface area contributed by atoms with Gasteiger partial charge in [0.05, 0.1) is 46.0 Å². The fourth-order valence-electron chi connectivity index (χ4n) is 6.69. The number of aryl methyl sites for hydroxylation is 2. The number of nitrogens with zero attached hydrogens (tertiary/aromatic N) is 6. The molecule has 2 aromatic heterocycles. The quantitative estimate of drug-likeness (QED) is 0.0857. The Morgan fingerprint density at radius 1 is 0.597 bits per heavy atom. The average Bonchev–Trinajstić information content (AvgIpc) is 4.02. The molecule has 12 nitrogen and oxygen atoms in total. The normalized spacial score (nSPS) is 10.9. The summed E-state index contributed by atoms with van der Waals surface area (Å²) in [5.74, 6) is -3.50. The second-order valence-corrected chi connectivity index (χ2v) is 16.2. The van der Waals surface area contributed by atoms with E-state index in [1.807, 2.05) is 62.4 Å². The van der Waals surface area contributed by atoms with Gasteiger partial charge in [-0.15, -0.1) is 0 Å². The van der Waals surface area contributed by atoms with Crippen LogP contribution in [0.3, 0.4) is 0 Å². The highest BCUT2D eigenvalue weighted by Gasteiger charge is 2.37. The van der Waals surface area contributed by atoms with Crippen LogP contribution >= 0.6 is 15.9 Å². The molecule has 4 N–H and O–H groups in total. The molecule has 2 amide bonds. The zero-order valence-electron chi connectivity index (χ0n) is 37.2. The van der Waals surface area contributed by atoms with Gasteiger partial charge in [0.15, 0.2) is 11.4 Å². The van der Waals surface area contributed by atoms with Crippen LogP contribution in [0, 0.1) is 48.1 Å². The van der Waals surface area contributed by atoms with E-state index in [9.17, 15) is 44.7 Å². The number of benzene rings is 6. The highest BCUT2D eigenvalue weighted by Crippen LogP contribution is 2.33. The van der Waals surface area contributed by atoms with E-state index in [0.717, 1.165) is 32.1 Å². The van der Waals surface area contributed by atoms with Crippen molar-refractivity contribution in [2.75, 3.05) is 10.6 Å². The summed E-state index contributed by atoms with van der Waals surface area (Å²) in [5, 5.41) is 47.1. The molecule has 22 heteroatoms. The summed E-state index contributed by atoms with van der Waals surface area (Å²) >= 11 is 3.07. The van der Waals surface area contributed by atoms with Gasteiger partial charge in [-0.05, 0) is 103 Å². The van der Waals surface area contributed by atoms with Crippen molar-refractivity contribution < 1.29 is 54.8 Å². The van der Waals surface area contributed by atoms with Crippen LogP contribution < -0.4 is 16.1 Å². The predicted octanol–water partition coefficient (Wildman–Crippen LogP) is 10.7. The maximum Gasteiger partial charge on any atom is 0.488 e. The molecule has 0 saturated carbocycles. The minimum absolute atomic E-state index is 0.0788. The predicted molar refractivity (Wildman–Crippen MR) is 254 cm³/mol. The van der Waals surface area contributed by atoms with Gasteiger partial charge in [-0.1, -0.05) is 88.2 Å². The van der Waals surface area contributed by atoms with Gasteiger partial charge < -0.3 is 20.7 Å². The third-order valence-electron chi connectivity index (χ3n) is 10.2. The highest BCUT2D eigenvalue weighted by molar-refractivity contribution is 9.10. The molecule has 0 bridgehead atoms. The van der Waals surface area contributed by atoms with E-state index in [4.69, 9.17) is 20.6 Å². The molecule has 0 aliphatic heterocycles. The second kappa shape index (κ2) is 22.5. The average molecular weight is 1050 g/mol. The lowest BCUT2D eigenvalue weighted by atomic mass is 9.77. The smallest absolute Gasteiger partial charge is 0.423 e. The van der Waals surface area contributed by atoms with Crippen LogP contribution in [0.2, 0.25) is 0 Å². The molecule has 0 aliphatic carbocycles. The molecular formula is C50H34BBrF8N8O4. The molecular weight excluding hydrogens is 1020 g/mol. The fourth-order valence-corrected chi connectivity index (χ4v) is 7.02. The zero-order chi connectivity index (χ0) is 52.5. The molecule has 0 aliphatic rings. The molecule has 0 fully saturated rings. The number of hydrogen-bond donors (Lipinski definition) is 4. The summed E-state index contributed by atoms with van der Waals surface area (Å²) in [6.07, 6.45) is -9.61. The Labute approximate surface area is 413 Å². The first-order valence-corrected chi connectivity index (χ1v) is 21.6. The summed E-state index contributed by atoms with van der Waals surface area (Å²) < 4.78 is 110. The Hall–Kier alpha value is -8.44. The monoisotopic (exact) mass is 1050 g/mol. The number of halogens is 9. The van der Waals surface area contributed by atoms with E-state index in [2.05, 4.69) is 36.8 Å². The number of nitriles is 2. The third kappa shape index (κ3) is 13.0. The highest BCUT2D eigenvalue weighted by atomic mass is 79.9. The number of aromatic nitrogens is 4. The molecule has 72 heavy (non-hydrogen) atoms. The van der Waals surface area contributed by atoms with E-state index in [1.54, 1.807) is 18.2 Å². The number of nitrogens with one attached hydrogen (secondary N) is 2. The minimum Gasteiger partial charge on any atom is -0.423 e. The maximum atomic E-state index is 14.8. The van der Waals surface area contributed by atoms with E-state index in [-0.39, 0.29) is 33.9 Å². The van der Waals surface area contributed by atoms with Gasteiger partial charge >= 0.3 is 19.5 Å². The molecule has 8 rings (SSSR count). The number of carbonyl (C=O) groups is 2. The van der Waals surface area contributed by atoms with Crippen LogP contribution in [0.25, 0.3) is 22.5 Å². The Balaban J connectivity index is 0.000000200. The summed E-state index contributed by atoms with van der Waals surface area (Å²) in [4.78, 5) is 25.5. The molecule has 364 valence electrons. The Bertz CT molecular complexity index is 3380. The SMILES string of the molecule is Cc1ccccc1-c1ccc(NC(=O)c2cc(C(F)(F)F)nn2-c2cccc(C#N)c2)c(F)c1.Cc1ccccc1B(O)O.N#Cc1cccc(-n2nc(C(F)(F)F)cc2C(=O)Nc2ccc(Br)cc2F)c1. The van der Waals surface area contributed by atoms with Crippen molar-refractivity contribution in [2.45, 2.75) is 26.2 Å². The molecule has 0 radical (unpaired) electrons. The number of amides is 2. The van der Waals surface area contributed by atoms with Crippen molar-refractivity contribution in [3.8, 4) is 34.6 Å². The van der Waals surface area contributed by atoms with Gasteiger partial charge in [0, 0.05) is 16.6 Å². The van der Waals surface area contributed by atoms with Crippen molar-refractivity contribution >= 4 is 51.7 Å². The number of alkyl halides is 6. The summed E-state index contributed by atoms with van der Waals surface area (Å²) in [6, 6.07) is 38.6. The van der Waals surface area contributed by atoms with Crippen LogP contribution in [0.15, 0.2) is 150 Å². The molecule has 0 atom stereocenters. The Morgan fingerprint density at radius 2 is 1.06 bits per heavy atom. The number of rotatable bonds is 8. The van der Waals surface area contributed by atoms with Gasteiger partial charge in [0.2, 0.25) is 0 Å². The van der Waals surface area contributed by atoms with Crippen LogP contribution in [0.1, 0.15) is 54.6 Å². The van der Waals surface area contributed by atoms with E-state index < -0.39 is 65.7 Å². The summed E-state index contributed by atoms with van der Waals surface area (Å²) in [7, 11) is -1.35. The van der Waals surface area contributed by atoms with E-state index >= 15 is 0 Å².